The van der Waals surface area contributed by atoms with Crippen LogP contribution >= 0.6 is 0 Å². The molecule has 0 bridgehead atoms. The van der Waals surface area contributed by atoms with Gasteiger partial charge in [-0.3, -0.25) is 0 Å². The van der Waals surface area contributed by atoms with E-state index in [-0.39, 0.29) is 35.6 Å². The Bertz CT molecular complexity index is 602. The summed E-state index contributed by atoms with van der Waals surface area (Å²) in [6.45, 7) is 7.58. The van der Waals surface area contributed by atoms with Gasteiger partial charge in [-0.05, 0) is 35.1 Å². The predicted octanol–water partition coefficient (Wildman–Crippen LogP) is -0.544. The minimum atomic E-state index is -3.77. The van der Waals surface area contributed by atoms with Gasteiger partial charge in [-0.15, -0.1) is 0 Å². The molecule has 0 radical (unpaired) electrons. The first kappa shape index (κ1) is 18.2. The zero-order chi connectivity index (χ0) is 14.1. The van der Waals surface area contributed by atoms with Gasteiger partial charge in [0.05, 0.1) is 16.5 Å². The Morgan fingerprint density at radius 1 is 1.11 bits per heavy atom. The zero-order valence-corrected chi connectivity index (χ0v) is 12.9. The topological polar surface area (TPSA) is 84.0 Å². The Hall–Kier alpha value is -0.783. The quantitative estimate of drug-likeness (QED) is 0.750. The molecule has 0 aromatic heterocycles. The first-order chi connectivity index (χ1) is 8.18. The van der Waals surface area contributed by atoms with Gasteiger partial charge in [0, 0.05) is 0 Å². The van der Waals surface area contributed by atoms with Crippen molar-refractivity contribution in [1.29, 1.82) is 5.26 Å². The molecule has 0 unspecified atom stereocenters. The molecule has 19 heavy (non-hydrogen) atoms. The van der Waals surface area contributed by atoms with E-state index in [0.29, 0.717) is 16.7 Å². The number of hydrogen-bond donors (Lipinski definition) is 1. The monoisotopic (exact) mass is 273 g/mol. The molecular formula is C13H18LiN2O2S+. The molecule has 0 aliphatic carbocycles. The van der Waals surface area contributed by atoms with Crippen molar-refractivity contribution in [2.75, 3.05) is 0 Å². The van der Waals surface area contributed by atoms with Gasteiger partial charge in [0.2, 0.25) is 10.0 Å². The molecule has 0 aliphatic heterocycles. The average molecular weight is 273 g/mol. The summed E-state index contributed by atoms with van der Waals surface area (Å²) in [5, 5.41) is 14.4. The Morgan fingerprint density at radius 3 is 1.89 bits per heavy atom. The zero-order valence-electron chi connectivity index (χ0n) is 12.1. The SMILES string of the molecule is CC(C)c1cc(S(N)(=O)=O)c(C(C)C)cc1C#N.[Li+]. The van der Waals surface area contributed by atoms with Gasteiger partial charge in [0.15, 0.2) is 0 Å². The standard InChI is InChI=1S/C13H18N2O2S.Li/c1-8(2)11-6-13(18(15,16)17)12(9(3)4)5-10(11)7-14;/h5-6,8-9H,1-4H3,(H2,15,16,17);/q;+1. The maximum atomic E-state index is 11.6. The van der Waals surface area contributed by atoms with Crippen LogP contribution in [0.1, 0.15) is 56.2 Å². The van der Waals surface area contributed by atoms with E-state index in [1.807, 2.05) is 27.7 Å². The molecule has 0 aliphatic rings. The molecule has 98 valence electrons. The van der Waals surface area contributed by atoms with Crippen LogP contribution < -0.4 is 24.0 Å². The van der Waals surface area contributed by atoms with Crippen LogP contribution in [0.3, 0.4) is 0 Å². The third kappa shape index (κ3) is 4.09. The number of nitriles is 1. The molecule has 0 saturated carbocycles. The van der Waals surface area contributed by atoms with Crippen LogP contribution in [-0.4, -0.2) is 8.42 Å². The minimum Gasteiger partial charge on any atom is -0.225 e. The molecule has 2 N–H and O–H groups in total. The second-order valence-corrected chi connectivity index (χ2v) is 6.47. The number of rotatable bonds is 3. The number of hydrogen-bond acceptors (Lipinski definition) is 3. The van der Waals surface area contributed by atoms with Gasteiger partial charge in [0.25, 0.3) is 0 Å². The largest absolute Gasteiger partial charge is 1.00 e. The number of benzene rings is 1. The molecule has 1 aromatic carbocycles. The van der Waals surface area contributed by atoms with Crippen LogP contribution in [0.4, 0.5) is 0 Å². The first-order valence-corrected chi connectivity index (χ1v) is 7.33. The van der Waals surface area contributed by atoms with E-state index in [9.17, 15) is 8.42 Å². The van der Waals surface area contributed by atoms with Crippen LogP contribution in [0.5, 0.6) is 0 Å². The van der Waals surface area contributed by atoms with Gasteiger partial charge in [-0.2, -0.15) is 5.26 Å². The van der Waals surface area contributed by atoms with Gasteiger partial charge in [-0.25, -0.2) is 13.6 Å². The number of nitrogens with two attached hydrogens (primary N) is 1. The second kappa shape index (κ2) is 6.59. The molecule has 4 nitrogen and oxygen atoms in total. The summed E-state index contributed by atoms with van der Waals surface area (Å²) in [6.07, 6.45) is 0. The molecule has 1 rings (SSSR count). The summed E-state index contributed by atoms with van der Waals surface area (Å²) < 4.78 is 23.3. The van der Waals surface area contributed by atoms with Crippen LogP contribution in [-0.2, 0) is 10.0 Å². The van der Waals surface area contributed by atoms with E-state index in [4.69, 9.17) is 10.4 Å². The van der Waals surface area contributed by atoms with Gasteiger partial charge >= 0.3 is 18.9 Å². The number of nitrogens with zero attached hydrogens (tertiary/aromatic N) is 1. The molecule has 1 aromatic rings. The van der Waals surface area contributed by atoms with E-state index >= 15 is 0 Å². The summed E-state index contributed by atoms with van der Waals surface area (Å²) in [7, 11) is -3.77. The van der Waals surface area contributed by atoms with Crippen molar-refractivity contribution < 1.29 is 27.3 Å². The van der Waals surface area contributed by atoms with Crippen molar-refractivity contribution in [3.8, 4) is 6.07 Å². The third-order valence-corrected chi connectivity index (χ3v) is 3.82. The van der Waals surface area contributed by atoms with Gasteiger partial charge in [-0.1, -0.05) is 27.7 Å². The smallest absolute Gasteiger partial charge is 0.225 e. The fourth-order valence-corrected chi connectivity index (χ4v) is 2.80. The predicted molar refractivity (Wildman–Crippen MR) is 70.7 cm³/mol. The Morgan fingerprint density at radius 2 is 1.58 bits per heavy atom. The van der Waals surface area contributed by atoms with Gasteiger partial charge in [0.1, 0.15) is 0 Å². The van der Waals surface area contributed by atoms with E-state index in [2.05, 4.69) is 6.07 Å². The Balaban J connectivity index is 0.00000324. The second-order valence-electron chi connectivity index (χ2n) is 4.94. The fourth-order valence-electron chi connectivity index (χ4n) is 1.88. The molecular weight excluding hydrogens is 255 g/mol. The Kier molecular flexibility index (Phi) is 6.32. The van der Waals surface area contributed by atoms with Crippen molar-refractivity contribution in [2.24, 2.45) is 5.14 Å². The maximum absolute atomic E-state index is 11.6. The molecule has 0 amide bonds. The summed E-state index contributed by atoms with van der Waals surface area (Å²) in [5.41, 5.74) is 1.82. The summed E-state index contributed by atoms with van der Waals surface area (Å²) in [6, 6.07) is 5.29. The molecule has 0 spiro atoms. The van der Waals surface area contributed by atoms with E-state index in [0.717, 1.165) is 0 Å². The minimum absolute atomic E-state index is 0. The molecule has 0 fully saturated rings. The summed E-state index contributed by atoms with van der Waals surface area (Å²) in [5.74, 6) is 0.0630. The van der Waals surface area contributed by atoms with Gasteiger partial charge < -0.3 is 0 Å². The van der Waals surface area contributed by atoms with E-state index in [1.165, 1.54) is 6.07 Å². The number of primary sulfonamides is 1. The normalized spacial score (nSPS) is 11.3. The first-order valence-electron chi connectivity index (χ1n) is 5.79. The van der Waals surface area contributed by atoms with E-state index in [1.54, 1.807) is 6.07 Å². The fraction of sp³-hybridized carbons (Fsp3) is 0.462. The molecule has 0 atom stereocenters. The van der Waals surface area contributed by atoms with Crippen molar-refractivity contribution >= 4 is 10.0 Å². The Labute approximate surface area is 127 Å². The number of sulfonamides is 1. The molecule has 0 heterocycles. The van der Waals surface area contributed by atoms with Crippen LogP contribution in [0.15, 0.2) is 17.0 Å². The summed E-state index contributed by atoms with van der Waals surface area (Å²) in [4.78, 5) is 0.125. The maximum Gasteiger partial charge on any atom is 1.00 e. The van der Waals surface area contributed by atoms with Crippen molar-refractivity contribution in [2.45, 2.75) is 44.4 Å². The van der Waals surface area contributed by atoms with Crippen LogP contribution in [0.25, 0.3) is 0 Å². The van der Waals surface area contributed by atoms with E-state index < -0.39 is 10.0 Å². The van der Waals surface area contributed by atoms with Crippen molar-refractivity contribution in [3.63, 3.8) is 0 Å². The summed E-state index contributed by atoms with van der Waals surface area (Å²) >= 11 is 0. The molecule has 0 saturated heterocycles. The molecule has 6 heteroatoms. The third-order valence-electron chi connectivity index (χ3n) is 2.85. The van der Waals surface area contributed by atoms with Crippen LogP contribution in [0.2, 0.25) is 0 Å². The van der Waals surface area contributed by atoms with Crippen molar-refractivity contribution in [1.82, 2.24) is 0 Å². The van der Waals surface area contributed by atoms with Crippen LogP contribution in [0, 0.1) is 11.3 Å². The average Bonchev–Trinajstić information content (AvgIpc) is 2.25. The van der Waals surface area contributed by atoms with Crippen molar-refractivity contribution in [3.05, 3.63) is 28.8 Å².